The summed E-state index contributed by atoms with van der Waals surface area (Å²) in [5.74, 6) is 1.18. The maximum absolute atomic E-state index is 12.7. The molecule has 4 heteroatoms. The van der Waals surface area contributed by atoms with Gasteiger partial charge in [-0.1, -0.05) is 109 Å². The second kappa shape index (κ2) is 9.68. The molecule has 6 aromatic carbocycles. The zero-order valence-electron chi connectivity index (χ0n) is 24.4. The molecule has 0 saturated heterocycles. The van der Waals surface area contributed by atoms with E-state index in [1.807, 2.05) is 109 Å². The van der Waals surface area contributed by atoms with E-state index in [1.54, 1.807) is 14.2 Å². The van der Waals surface area contributed by atoms with E-state index >= 15 is 0 Å². The van der Waals surface area contributed by atoms with Gasteiger partial charge in [0.2, 0.25) is 0 Å². The van der Waals surface area contributed by atoms with E-state index in [9.17, 15) is 10.2 Å². The largest absolute Gasteiger partial charge is 0.496 e. The van der Waals surface area contributed by atoms with Crippen LogP contribution in [0.4, 0.5) is 0 Å². The third kappa shape index (κ3) is 3.47. The van der Waals surface area contributed by atoms with Gasteiger partial charge in [-0.25, -0.2) is 0 Å². The first-order valence-corrected chi connectivity index (χ1v) is 14.7. The number of ether oxygens (including phenoxy) is 2. The Morgan fingerprint density at radius 1 is 0.386 bits per heavy atom. The minimum Gasteiger partial charge on any atom is -0.496 e. The molecule has 2 aliphatic carbocycles. The highest BCUT2D eigenvalue weighted by molar-refractivity contribution is 5.85. The Labute approximate surface area is 256 Å². The third-order valence-corrected chi connectivity index (χ3v) is 9.36. The number of benzene rings is 6. The van der Waals surface area contributed by atoms with Crippen molar-refractivity contribution < 1.29 is 19.7 Å². The summed E-state index contributed by atoms with van der Waals surface area (Å²) in [6, 6.07) is 43.8. The molecule has 0 amide bonds. The minimum atomic E-state index is -1.41. The molecule has 0 heterocycles. The number of aliphatic hydroxyl groups is 2. The van der Waals surface area contributed by atoms with Crippen LogP contribution in [0, 0.1) is 0 Å². The molecule has 6 aromatic rings. The fourth-order valence-electron chi connectivity index (χ4n) is 7.35. The summed E-state index contributed by atoms with van der Waals surface area (Å²) < 4.78 is 11.7. The van der Waals surface area contributed by atoms with Gasteiger partial charge in [-0.3, -0.25) is 0 Å². The van der Waals surface area contributed by atoms with Crippen LogP contribution in [0.2, 0.25) is 0 Å². The fraction of sp³-hybridized carbons (Fsp3) is 0.100. The van der Waals surface area contributed by atoms with Gasteiger partial charge in [0.05, 0.1) is 14.2 Å². The molecule has 0 spiro atoms. The van der Waals surface area contributed by atoms with Crippen molar-refractivity contribution in [2.75, 3.05) is 14.2 Å². The Morgan fingerprint density at radius 3 is 0.977 bits per heavy atom. The van der Waals surface area contributed by atoms with Gasteiger partial charge < -0.3 is 19.7 Å². The van der Waals surface area contributed by atoms with Crippen molar-refractivity contribution >= 4 is 0 Å². The monoisotopic (exact) mass is 574 g/mol. The van der Waals surface area contributed by atoms with E-state index < -0.39 is 11.2 Å². The predicted molar refractivity (Wildman–Crippen MR) is 173 cm³/mol. The lowest BCUT2D eigenvalue weighted by atomic mass is 9.81. The molecule has 4 nitrogen and oxygen atoms in total. The van der Waals surface area contributed by atoms with E-state index in [0.717, 1.165) is 55.6 Å². The van der Waals surface area contributed by atoms with Crippen LogP contribution >= 0.6 is 0 Å². The Hall–Kier alpha value is -5.16. The molecular weight excluding hydrogens is 544 g/mol. The lowest BCUT2D eigenvalue weighted by Crippen LogP contribution is -2.27. The van der Waals surface area contributed by atoms with Gasteiger partial charge in [0.15, 0.2) is 0 Å². The van der Waals surface area contributed by atoms with Crippen LogP contribution in [0.3, 0.4) is 0 Å². The molecule has 0 bridgehead atoms. The van der Waals surface area contributed by atoms with Crippen molar-refractivity contribution in [3.05, 3.63) is 167 Å². The normalized spacial score (nSPS) is 14.7. The number of methoxy groups -OCH3 is 2. The van der Waals surface area contributed by atoms with Gasteiger partial charge in [-0.2, -0.15) is 0 Å². The van der Waals surface area contributed by atoms with Crippen molar-refractivity contribution in [2.45, 2.75) is 11.2 Å². The van der Waals surface area contributed by atoms with E-state index in [0.29, 0.717) is 22.6 Å². The van der Waals surface area contributed by atoms with Crippen molar-refractivity contribution in [2.24, 2.45) is 0 Å². The van der Waals surface area contributed by atoms with Gasteiger partial charge in [-0.05, 0) is 57.6 Å². The molecule has 214 valence electrons. The summed E-state index contributed by atoms with van der Waals surface area (Å²) in [5, 5.41) is 25.4. The summed E-state index contributed by atoms with van der Waals surface area (Å²) in [6.45, 7) is 0. The fourth-order valence-corrected chi connectivity index (χ4v) is 7.35. The zero-order chi connectivity index (χ0) is 30.1. The molecule has 0 atom stereocenters. The minimum absolute atomic E-state index is 0.591. The smallest absolute Gasteiger partial charge is 0.145 e. The molecule has 44 heavy (non-hydrogen) atoms. The Kier molecular flexibility index (Phi) is 5.82. The standard InChI is InChI=1S/C40H30O4/c1-43-37-21-19-25(23-35(37)39(41)31-15-7-3-11-27(31)28-12-4-8-16-32(28)39)26-20-22-38(44-2)36(24-26)40(42)33-17-9-5-13-29(33)30-14-6-10-18-34(30)40/h3-24,41-42H,1-2H3. The van der Waals surface area contributed by atoms with Crippen LogP contribution < -0.4 is 9.47 Å². The Balaban J connectivity index is 1.34. The molecule has 2 aliphatic rings. The average molecular weight is 575 g/mol. The highest BCUT2D eigenvalue weighted by atomic mass is 16.5. The molecule has 0 saturated carbocycles. The van der Waals surface area contributed by atoms with E-state index in [-0.39, 0.29) is 0 Å². The van der Waals surface area contributed by atoms with E-state index in [1.165, 1.54) is 0 Å². The maximum Gasteiger partial charge on any atom is 0.145 e. The second-order valence-electron chi connectivity index (χ2n) is 11.4. The van der Waals surface area contributed by atoms with Crippen LogP contribution in [-0.2, 0) is 11.2 Å². The van der Waals surface area contributed by atoms with Gasteiger partial charge in [-0.15, -0.1) is 0 Å². The van der Waals surface area contributed by atoms with Crippen LogP contribution in [0.1, 0.15) is 33.4 Å². The van der Waals surface area contributed by atoms with Crippen molar-refractivity contribution in [3.8, 4) is 44.9 Å². The first-order chi connectivity index (χ1) is 21.5. The summed E-state index contributed by atoms with van der Waals surface area (Å²) in [6.07, 6.45) is 0. The highest BCUT2D eigenvalue weighted by Crippen LogP contribution is 2.55. The molecular formula is C40H30O4. The summed E-state index contributed by atoms with van der Waals surface area (Å²) >= 11 is 0. The lowest BCUT2D eigenvalue weighted by Gasteiger charge is -2.30. The maximum atomic E-state index is 12.7. The summed E-state index contributed by atoms with van der Waals surface area (Å²) in [7, 11) is 3.26. The first kappa shape index (κ1) is 26.5. The predicted octanol–water partition coefficient (Wildman–Crippen LogP) is 7.90. The zero-order valence-corrected chi connectivity index (χ0v) is 24.4. The quantitative estimate of drug-likeness (QED) is 0.220. The lowest BCUT2D eigenvalue weighted by molar-refractivity contribution is 0.126. The first-order valence-electron chi connectivity index (χ1n) is 14.7. The molecule has 2 N–H and O–H groups in total. The Bertz CT molecular complexity index is 1850. The van der Waals surface area contributed by atoms with Gasteiger partial charge in [0.1, 0.15) is 22.7 Å². The molecule has 0 aliphatic heterocycles. The SMILES string of the molecule is COc1ccc(-c2ccc(OC)c(C3(O)c4ccccc4-c4ccccc43)c2)cc1C1(O)c2ccccc2-c2ccccc21. The molecule has 0 unspecified atom stereocenters. The van der Waals surface area contributed by atoms with Crippen molar-refractivity contribution in [1.29, 1.82) is 0 Å². The average Bonchev–Trinajstić information content (AvgIpc) is 3.51. The number of fused-ring (bicyclic) bond motifs is 6. The van der Waals surface area contributed by atoms with Gasteiger partial charge >= 0.3 is 0 Å². The number of hydrogen-bond donors (Lipinski definition) is 2. The molecule has 0 radical (unpaired) electrons. The highest BCUT2D eigenvalue weighted by Gasteiger charge is 2.46. The Morgan fingerprint density at radius 2 is 0.682 bits per heavy atom. The second-order valence-corrected chi connectivity index (χ2v) is 11.4. The summed E-state index contributed by atoms with van der Waals surface area (Å²) in [4.78, 5) is 0. The van der Waals surface area contributed by atoms with Crippen LogP contribution in [0.25, 0.3) is 33.4 Å². The van der Waals surface area contributed by atoms with Gasteiger partial charge in [0.25, 0.3) is 0 Å². The summed E-state index contributed by atoms with van der Waals surface area (Å²) in [5.41, 5.74) is 7.54. The van der Waals surface area contributed by atoms with E-state index in [2.05, 4.69) is 24.3 Å². The van der Waals surface area contributed by atoms with Crippen LogP contribution in [0.15, 0.2) is 133 Å². The van der Waals surface area contributed by atoms with Crippen LogP contribution in [0.5, 0.6) is 11.5 Å². The number of rotatable bonds is 5. The van der Waals surface area contributed by atoms with Crippen LogP contribution in [-0.4, -0.2) is 24.4 Å². The molecule has 0 aromatic heterocycles. The van der Waals surface area contributed by atoms with Crippen molar-refractivity contribution in [3.63, 3.8) is 0 Å². The van der Waals surface area contributed by atoms with Crippen molar-refractivity contribution in [1.82, 2.24) is 0 Å². The van der Waals surface area contributed by atoms with E-state index in [4.69, 9.17) is 9.47 Å². The van der Waals surface area contributed by atoms with Gasteiger partial charge in [0, 0.05) is 33.4 Å². The number of hydrogen-bond acceptors (Lipinski definition) is 4. The topological polar surface area (TPSA) is 58.9 Å². The third-order valence-electron chi connectivity index (χ3n) is 9.36. The molecule has 8 rings (SSSR count). The molecule has 0 fully saturated rings.